The van der Waals surface area contributed by atoms with Crippen LogP contribution in [0.15, 0.2) is 29.4 Å². The van der Waals surface area contributed by atoms with E-state index in [1.807, 2.05) is 6.92 Å². The number of unbranched alkanes of at least 4 members (excludes halogenated alkanes) is 4. The van der Waals surface area contributed by atoms with Crippen molar-refractivity contribution in [3.8, 4) is 0 Å². The number of hydrogen-bond donors (Lipinski definition) is 1. The van der Waals surface area contributed by atoms with Crippen LogP contribution in [0.2, 0.25) is 0 Å². The van der Waals surface area contributed by atoms with Gasteiger partial charge in [0.05, 0.1) is 5.71 Å². The molecule has 1 aromatic rings. The Balaban J connectivity index is 2.34. The van der Waals surface area contributed by atoms with Crippen molar-refractivity contribution in [2.24, 2.45) is 5.10 Å². The Bertz CT molecular complexity index is 449. The smallest absolute Gasteiger partial charge is 0.240 e. The molecule has 0 spiro atoms. The first-order chi connectivity index (χ1) is 10.2. The van der Waals surface area contributed by atoms with Crippen molar-refractivity contribution >= 4 is 11.6 Å². The quantitative estimate of drug-likeness (QED) is 0.407. The molecule has 1 amide bonds. The van der Waals surface area contributed by atoms with E-state index in [2.05, 4.69) is 48.6 Å². The number of rotatable bonds is 9. The molecule has 1 aromatic carbocycles. The number of nitrogens with zero attached hydrogens (tertiary/aromatic N) is 1. The van der Waals surface area contributed by atoms with Crippen LogP contribution >= 0.6 is 0 Å². The molecule has 0 saturated heterocycles. The van der Waals surface area contributed by atoms with Crippen molar-refractivity contribution in [2.75, 3.05) is 0 Å². The van der Waals surface area contributed by atoms with Crippen LogP contribution in [-0.2, 0) is 11.2 Å². The normalized spacial score (nSPS) is 11.5. The average Bonchev–Trinajstić information content (AvgIpc) is 2.52. The summed E-state index contributed by atoms with van der Waals surface area (Å²) in [5, 5.41) is 4.18. The van der Waals surface area contributed by atoms with Gasteiger partial charge in [-0.3, -0.25) is 4.79 Å². The highest BCUT2D eigenvalue weighted by atomic mass is 16.2. The first-order valence-corrected chi connectivity index (χ1v) is 8.09. The first kappa shape index (κ1) is 17.4. The summed E-state index contributed by atoms with van der Waals surface area (Å²) in [7, 11) is 0. The predicted molar refractivity (Wildman–Crippen MR) is 89.5 cm³/mol. The van der Waals surface area contributed by atoms with Crippen molar-refractivity contribution in [3.05, 3.63) is 35.4 Å². The van der Waals surface area contributed by atoms with Gasteiger partial charge in [-0.25, -0.2) is 5.43 Å². The molecule has 0 heterocycles. The Morgan fingerprint density at radius 1 is 1.05 bits per heavy atom. The van der Waals surface area contributed by atoms with Gasteiger partial charge in [-0.05, 0) is 30.9 Å². The van der Waals surface area contributed by atoms with Crippen LogP contribution in [0, 0.1) is 0 Å². The Kier molecular flexibility index (Phi) is 8.41. The molecule has 1 N–H and O–H groups in total. The molecule has 0 bridgehead atoms. The fourth-order valence-corrected chi connectivity index (χ4v) is 2.14. The van der Waals surface area contributed by atoms with Crippen molar-refractivity contribution in [1.82, 2.24) is 5.43 Å². The number of carbonyl (C=O) groups excluding carboxylic acids is 1. The van der Waals surface area contributed by atoms with Crippen molar-refractivity contribution in [1.29, 1.82) is 0 Å². The lowest BCUT2D eigenvalue weighted by Gasteiger charge is -2.04. The Hall–Kier alpha value is -1.64. The van der Waals surface area contributed by atoms with Gasteiger partial charge in [0, 0.05) is 6.42 Å². The summed E-state index contributed by atoms with van der Waals surface area (Å²) in [6.45, 7) is 6.25. The number of carbonyl (C=O) groups is 1. The molecule has 116 valence electrons. The summed E-state index contributed by atoms with van der Waals surface area (Å²) in [4.78, 5) is 11.7. The van der Waals surface area contributed by atoms with Crippen LogP contribution in [0.5, 0.6) is 0 Å². The lowest BCUT2D eigenvalue weighted by atomic mass is 10.1. The second-order valence-electron chi connectivity index (χ2n) is 5.45. The Labute approximate surface area is 128 Å². The molecule has 0 saturated carbocycles. The maximum absolute atomic E-state index is 11.7. The van der Waals surface area contributed by atoms with Crippen molar-refractivity contribution < 1.29 is 4.79 Å². The van der Waals surface area contributed by atoms with E-state index >= 15 is 0 Å². The standard InChI is InChI=1S/C18H28N2O/c1-4-6-7-8-9-10-18(21)20-19-15(3)17-13-11-16(5-2)12-14-17/h11-14H,4-10H2,1-3H3,(H,20,21)/b19-15-. The van der Waals surface area contributed by atoms with E-state index < -0.39 is 0 Å². The van der Waals surface area contributed by atoms with Crippen LogP contribution in [0.25, 0.3) is 0 Å². The molecule has 0 aliphatic heterocycles. The highest BCUT2D eigenvalue weighted by molar-refractivity contribution is 5.99. The Morgan fingerprint density at radius 2 is 1.71 bits per heavy atom. The monoisotopic (exact) mass is 288 g/mol. The summed E-state index contributed by atoms with van der Waals surface area (Å²) >= 11 is 0. The Morgan fingerprint density at radius 3 is 2.33 bits per heavy atom. The topological polar surface area (TPSA) is 41.5 Å². The van der Waals surface area contributed by atoms with E-state index in [0.29, 0.717) is 6.42 Å². The summed E-state index contributed by atoms with van der Waals surface area (Å²) in [6, 6.07) is 8.30. The maximum atomic E-state index is 11.7. The molecule has 0 aliphatic carbocycles. The molecule has 0 unspecified atom stereocenters. The zero-order chi connectivity index (χ0) is 15.5. The molecular formula is C18H28N2O. The van der Waals surface area contributed by atoms with Gasteiger partial charge in [-0.2, -0.15) is 5.10 Å². The third kappa shape index (κ3) is 7.07. The summed E-state index contributed by atoms with van der Waals surface area (Å²) in [5.74, 6) is 0.0102. The van der Waals surface area contributed by atoms with Crippen molar-refractivity contribution in [2.45, 2.75) is 65.7 Å². The van der Waals surface area contributed by atoms with Gasteiger partial charge in [-0.15, -0.1) is 0 Å². The molecular weight excluding hydrogens is 260 g/mol. The minimum Gasteiger partial charge on any atom is -0.273 e. The lowest BCUT2D eigenvalue weighted by molar-refractivity contribution is -0.121. The number of benzene rings is 1. The minimum atomic E-state index is 0.0102. The largest absolute Gasteiger partial charge is 0.273 e. The third-order valence-electron chi connectivity index (χ3n) is 3.64. The van der Waals surface area contributed by atoms with Gasteiger partial charge >= 0.3 is 0 Å². The highest BCUT2D eigenvalue weighted by Gasteiger charge is 2.01. The molecule has 21 heavy (non-hydrogen) atoms. The number of amides is 1. The fourth-order valence-electron chi connectivity index (χ4n) is 2.14. The van der Waals surface area contributed by atoms with E-state index in [4.69, 9.17) is 0 Å². The van der Waals surface area contributed by atoms with E-state index in [-0.39, 0.29) is 5.91 Å². The number of hydrazone groups is 1. The number of hydrogen-bond acceptors (Lipinski definition) is 2. The van der Waals surface area contributed by atoms with E-state index in [0.717, 1.165) is 30.5 Å². The van der Waals surface area contributed by atoms with Crippen LogP contribution in [-0.4, -0.2) is 11.6 Å². The second kappa shape index (κ2) is 10.1. The summed E-state index contributed by atoms with van der Waals surface area (Å²) < 4.78 is 0. The van der Waals surface area contributed by atoms with Crippen LogP contribution in [0.3, 0.4) is 0 Å². The van der Waals surface area contributed by atoms with Crippen LogP contribution in [0.1, 0.15) is 70.4 Å². The molecule has 0 radical (unpaired) electrons. The zero-order valence-electron chi connectivity index (χ0n) is 13.6. The molecule has 0 aromatic heterocycles. The van der Waals surface area contributed by atoms with E-state index in [1.165, 1.54) is 24.8 Å². The highest BCUT2D eigenvalue weighted by Crippen LogP contribution is 2.07. The molecule has 0 fully saturated rings. The van der Waals surface area contributed by atoms with Gasteiger partial charge in [0.2, 0.25) is 5.91 Å². The number of nitrogens with one attached hydrogen (secondary N) is 1. The van der Waals surface area contributed by atoms with Gasteiger partial charge < -0.3 is 0 Å². The van der Waals surface area contributed by atoms with Gasteiger partial charge in [-0.1, -0.05) is 63.8 Å². The predicted octanol–water partition coefficient (Wildman–Crippen LogP) is 4.45. The molecule has 3 heteroatoms. The van der Waals surface area contributed by atoms with Crippen molar-refractivity contribution in [3.63, 3.8) is 0 Å². The van der Waals surface area contributed by atoms with Gasteiger partial charge in [0.1, 0.15) is 0 Å². The first-order valence-electron chi connectivity index (χ1n) is 8.09. The maximum Gasteiger partial charge on any atom is 0.240 e. The summed E-state index contributed by atoms with van der Waals surface area (Å²) in [5.41, 5.74) is 5.85. The third-order valence-corrected chi connectivity index (χ3v) is 3.64. The average molecular weight is 288 g/mol. The molecule has 3 nitrogen and oxygen atoms in total. The van der Waals surface area contributed by atoms with Gasteiger partial charge in [0.25, 0.3) is 0 Å². The SMILES string of the molecule is CCCCCCCC(=O)N/N=C(/C)c1ccc(CC)cc1. The van der Waals surface area contributed by atoms with E-state index in [9.17, 15) is 4.79 Å². The van der Waals surface area contributed by atoms with Gasteiger partial charge in [0.15, 0.2) is 0 Å². The molecule has 0 atom stereocenters. The lowest BCUT2D eigenvalue weighted by Crippen LogP contribution is -2.18. The second-order valence-corrected chi connectivity index (χ2v) is 5.45. The van der Waals surface area contributed by atoms with E-state index in [1.54, 1.807) is 0 Å². The fraction of sp³-hybridized carbons (Fsp3) is 0.556. The zero-order valence-corrected chi connectivity index (χ0v) is 13.6. The molecule has 0 aliphatic rings. The minimum absolute atomic E-state index is 0.0102. The van der Waals surface area contributed by atoms with Crippen LogP contribution in [0.4, 0.5) is 0 Å². The molecule has 1 rings (SSSR count). The number of aryl methyl sites for hydroxylation is 1. The summed E-state index contributed by atoms with van der Waals surface area (Å²) in [6.07, 6.45) is 7.38. The van der Waals surface area contributed by atoms with Crippen LogP contribution < -0.4 is 5.43 Å².